The summed E-state index contributed by atoms with van der Waals surface area (Å²) in [5, 5.41) is 15.2. The first-order valence-corrected chi connectivity index (χ1v) is 5.17. The van der Waals surface area contributed by atoms with Crippen LogP contribution in [0.3, 0.4) is 0 Å². The second-order valence-electron chi connectivity index (χ2n) is 3.72. The van der Waals surface area contributed by atoms with E-state index in [2.05, 4.69) is 10.2 Å². The highest BCUT2D eigenvalue weighted by atomic mass is 19.4. The molecule has 0 aliphatic heterocycles. The monoisotopic (exact) mass is 271 g/mol. The Hall–Kier alpha value is -2.38. The number of alkyl halides is 3. The van der Waals surface area contributed by atoms with Crippen LogP contribution in [0.15, 0.2) is 30.3 Å². The van der Waals surface area contributed by atoms with Crippen LogP contribution < -0.4 is 0 Å². The van der Waals surface area contributed by atoms with Gasteiger partial charge in [-0.25, -0.2) is 4.79 Å². The number of aromatic carboxylic acids is 1. The van der Waals surface area contributed by atoms with Crippen molar-refractivity contribution < 1.29 is 23.1 Å². The predicted molar refractivity (Wildman–Crippen MR) is 57.5 cm³/mol. The first-order valence-electron chi connectivity index (χ1n) is 5.17. The third kappa shape index (κ3) is 2.90. The molecule has 0 unspecified atom stereocenters. The Morgan fingerprint density at radius 1 is 1.21 bits per heavy atom. The lowest BCUT2D eigenvalue weighted by Crippen LogP contribution is -2.12. The molecular weight excluding hydrogens is 263 g/mol. The molecule has 0 aliphatic rings. The summed E-state index contributed by atoms with van der Waals surface area (Å²) in [6.07, 6.45) is -4.84. The van der Waals surface area contributed by atoms with Crippen molar-refractivity contribution in [3.8, 4) is 0 Å². The molecule has 0 spiro atoms. The number of carboxylic acid groups (broad SMARTS) is 1. The molecule has 1 aromatic heterocycles. The van der Waals surface area contributed by atoms with Crippen LogP contribution in [0.5, 0.6) is 0 Å². The summed E-state index contributed by atoms with van der Waals surface area (Å²) in [4.78, 5) is 11.4. The number of hydrogen-bond acceptors (Lipinski definition) is 3. The molecule has 19 heavy (non-hydrogen) atoms. The first kappa shape index (κ1) is 13.1. The van der Waals surface area contributed by atoms with Gasteiger partial charge in [-0.3, -0.25) is 0 Å². The Bertz CT molecular complexity index is 593. The molecule has 0 bridgehead atoms. The van der Waals surface area contributed by atoms with E-state index in [4.69, 9.17) is 5.11 Å². The zero-order valence-corrected chi connectivity index (χ0v) is 9.42. The molecule has 0 fully saturated rings. The quantitative estimate of drug-likeness (QED) is 0.927. The normalized spacial score (nSPS) is 11.5. The summed E-state index contributed by atoms with van der Waals surface area (Å²) in [5.74, 6) is -1.76. The predicted octanol–water partition coefficient (Wildman–Crippen LogP) is 2.04. The van der Waals surface area contributed by atoms with E-state index in [9.17, 15) is 18.0 Å². The van der Waals surface area contributed by atoms with Gasteiger partial charge in [0, 0.05) is 0 Å². The van der Waals surface area contributed by atoms with E-state index < -0.39 is 23.5 Å². The second kappa shape index (κ2) is 4.71. The van der Waals surface area contributed by atoms with Crippen LogP contribution in [-0.4, -0.2) is 26.1 Å². The number of nitrogens with zero attached hydrogens (tertiary/aromatic N) is 3. The Morgan fingerprint density at radius 2 is 1.84 bits per heavy atom. The summed E-state index contributed by atoms with van der Waals surface area (Å²) < 4.78 is 37.7. The minimum absolute atomic E-state index is 0.0306. The van der Waals surface area contributed by atoms with Crippen LogP contribution in [0.4, 0.5) is 13.2 Å². The summed E-state index contributed by atoms with van der Waals surface area (Å²) in [7, 11) is 0. The van der Waals surface area contributed by atoms with E-state index in [0.717, 1.165) is 4.80 Å². The van der Waals surface area contributed by atoms with Gasteiger partial charge < -0.3 is 5.11 Å². The number of carboxylic acids is 1. The molecule has 0 amide bonds. The number of hydrogen-bond donors (Lipinski definition) is 1. The van der Waals surface area contributed by atoms with Gasteiger partial charge in [-0.15, -0.1) is 10.2 Å². The molecule has 0 atom stereocenters. The van der Waals surface area contributed by atoms with E-state index in [1.54, 1.807) is 30.3 Å². The highest BCUT2D eigenvalue weighted by molar-refractivity contribution is 5.86. The van der Waals surface area contributed by atoms with E-state index in [1.807, 2.05) is 0 Å². The number of benzene rings is 1. The smallest absolute Gasteiger partial charge is 0.437 e. The maximum atomic E-state index is 12.6. The van der Waals surface area contributed by atoms with E-state index in [-0.39, 0.29) is 6.54 Å². The Labute approximate surface area is 105 Å². The van der Waals surface area contributed by atoms with Crippen LogP contribution in [-0.2, 0) is 12.7 Å². The van der Waals surface area contributed by atoms with Gasteiger partial charge in [-0.2, -0.15) is 18.0 Å². The van der Waals surface area contributed by atoms with E-state index >= 15 is 0 Å². The van der Waals surface area contributed by atoms with Crippen LogP contribution in [0.2, 0.25) is 0 Å². The van der Waals surface area contributed by atoms with Gasteiger partial charge in [-0.1, -0.05) is 30.3 Å². The van der Waals surface area contributed by atoms with Crippen LogP contribution in [0.1, 0.15) is 21.7 Å². The zero-order valence-electron chi connectivity index (χ0n) is 9.42. The molecule has 2 rings (SSSR count). The average molecular weight is 271 g/mol. The summed E-state index contributed by atoms with van der Waals surface area (Å²) in [6, 6.07) is 8.53. The second-order valence-corrected chi connectivity index (χ2v) is 3.72. The van der Waals surface area contributed by atoms with Gasteiger partial charge >= 0.3 is 12.1 Å². The third-order valence-corrected chi connectivity index (χ3v) is 2.29. The molecule has 1 heterocycles. The Kier molecular flexibility index (Phi) is 3.24. The van der Waals surface area contributed by atoms with Gasteiger partial charge in [0.2, 0.25) is 11.4 Å². The number of carbonyl (C=O) groups is 1. The van der Waals surface area contributed by atoms with Crippen molar-refractivity contribution in [1.29, 1.82) is 0 Å². The molecule has 2 aromatic rings. The lowest BCUT2D eigenvalue weighted by molar-refractivity contribution is -0.142. The number of rotatable bonds is 3. The topological polar surface area (TPSA) is 68.0 Å². The Morgan fingerprint density at radius 3 is 2.32 bits per heavy atom. The van der Waals surface area contributed by atoms with E-state index in [1.165, 1.54) is 0 Å². The molecule has 1 aromatic carbocycles. The maximum Gasteiger partial charge on any atom is 0.437 e. The maximum absolute atomic E-state index is 12.6. The molecule has 0 saturated heterocycles. The van der Waals surface area contributed by atoms with Gasteiger partial charge in [0.15, 0.2) is 0 Å². The lowest BCUT2D eigenvalue weighted by atomic mass is 10.2. The summed E-state index contributed by atoms with van der Waals surface area (Å²) in [6.45, 7) is -0.0306. The van der Waals surface area contributed by atoms with Crippen LogP contribution in [0.25, 0.3) is 0 Å². The third-order valence-electron chi connectivity index (χ3n) is 2.29. The van der Waals surface area contributed by atoms with Gasteiger partial charge in [0.25, 0.3) is 0 Å². The lowest BCUT2D eigenvalue weighted by Gasteiger charge is -2.01. The highest BCUT2D eigenvalue weighted by Crippen LogP contribution is 2.29. The van der Waals surface area contributed by atoms with Crippen molar-refractivity contribution in [2.24, 2.45) is 0 Å². The van der Waals surface area contributed by atoms with Gasteiger partial charge in [-0.05, 0) is 5.56 Å². The summed E-state index contributed by atoms with van der Waals surface area (Å²) >= 11 is 0. The fourth-order valence-corrected chi connectivity index (χ4v) is 1.50. The van der Waals surface area contributed by atoms with Crippen molar-refractivity contribution in [3.63, 3.8) is 0 Å². The van der Waals surface area contributed by atoms with E-state index in [0.29, 0.717) is 5.56 Å². The van der Waals surface area contributed by atoms with Crippen molar-refractivity contribution in [2.75, 3.05) is 0 Å². The highest BCUT2D eigenvalue weighted by Gasteiger charge is 2.40. The molecule has 5 nitrogen and oxygen atoms in total. The zero-order chi connectivity index (χ0) is 14.0. The molecule has 1 N–H and O–H groups in total. The first-order chi connectivity index (χ1) is 8.88. The number of halogens is 3. The average Bonchev–Trinajstić information content (AvgIpc) is 2.74. The Balaban J connectivity index is 2.36. The van der Waals surface area contributed by atoms with Crippen LogP contribution in [0, 0.1) is 0 Å². The largest absolute Gasteiger partial charge is 0.476 e. The van der Waals surface area contributed by atoms with Crippen molar-refractivity contribution in [3.05, 3.63) is 47.3 Å². The van der Waals surface area contributed by atoms with Crippen molar-refractivity contribution in [1.82, 2.24) is 15.0 Å². The molecule has 8 heteroatoms. The minimum atomic E-state index is -4.84. The fraction of sp³-hybridized carbons (Fsp3) is 0.182. The van der Waals surface area contributed by atoms with Crippen molar-refractivity contribution in [2.45, 2.75) is 12.7 Å². The number of aromatic nitrogens is 3. The van der Waals surface area contributed by atoms with Gasteiger partial charge in [0.1, 0.15) is 0 Å². The molecule has 0 aliphatic carbocycles. The molecular formula is C11H8F3N3O2. The SMILES string of the molecule is O=C(O)c1nn(Cc2ccccc2)nc1C(F)(F)F. The summed E-state index contributed by atoms with van der Waals surface area (Å²) in [5.41, 5.74) is -1.91. The molecule has 0 saturated carbocycles. The minimum Gasteiger partial charge on any atom is -0.476 e. The van der Waals surface area contributed by atoms with Crippen LogP contribution >= 0.6 is 0 Å². The molecule has 0 radical (unpaired) electrons. The van der Waals surface area contributed by atoms with Gasteiger partial charge in [0.05, 0.1) is 6.54 Å². The standard InChI is InChI=1S/C11H8F3N3O2/c12-11(13,14)9-8(10(18)19)15-17(16-9)6-7-4-2-1-3-5-7/h1-5H,6H2,(H,18,19). The molecule has 100 valence electrons. The fourth-order valence-electron chi connectivity index (χ4n) is 1.50. The van der Waals surface area contributed by atoms with Crippen molar-refractivity contribution >= 4 is 5.97 Å².